The fourth-order valence-corrected chi connectivity index (χ4v) is 2.89. The Balaban J connectivity index is 2.78. The van der Waals surface area contributed by atoms with Crippen LogP contribution in [-0.4, -0.2) is 23.5 Å². The highest BCUT2D eigenvalue weighted by Crippen LogP contribution is 2.31. The lowest BCUT2D eigenvalue weighted by atomic mass is 10.1. The van der Waals surface area contributed by atoms with Gasteiger partial charge in [-0.2, -0.15) is 24.9 Å². The second-order valence-corrected chi connectivity index (χ2v) is 6.80. The van der Waals surface area contributed by atoms with Crippen LogP contribution in [0.5, 0.6) is 0 Å². The zero-order chi connectivity index (χ0) is 16.0. The monoisotopic (exact) mass is 383 g/mol. The quantitative estimate of drug-likeness (QED) is 0.719. The third kappa shape index (κ3) is 5.90. The van der Waals surface area contributed by atoms with Gasteiger partial charge in [0.1, 0.15) is 0 Å². The maximum absolute atomic E-state index is 12.7. The Morgan fingerprint density at radius 3 is 2.67 bits per heavy atom. The molecule has 1 atom stereocenters. The Labute approximate surface area is 135 Å². The molecule has 0 bridgehead atoms. The molecule has 0 spiro atoms. The van der Waals surface area contributed by atoms with Crippen LogP contribution in [0.3, 0.4) is 0 Å². The Morgan fingerprint density at radius 1 is 1.43 bits per heavy atom. The van der Waals surface area contributed by atoms with Gasteiger partial charge >= 0.3 is 6.18 Å². The Hall–Kier alpha value is -0.690. The van der Waals surface area contributed by atoms with E-state index in [1.54, 1.807) is 11.8 Å². The van der Waals surface area contributed by atoms with Crippen molar-refractivity contribution in [3.05, 3.63) is 33.8 Å². The van der Waals surface area contributed by atoms with Crippen LogP contribution in [0, 0.1) is 0 Å². The topological polar surface area (TPSA) is 29.1 Å². The fourth-order valence-electron chi connectivity index (χ4n) is 1.65. The molecule has 0 fully saturated rings. The van der Waals surface area contributed by atoms with E-state index >= 15 is 0 Å². The first-order valence-corrected chi connectivity index (χ1v) is 8.45. The van der Waals surface area contributed by atoms with E-state index in [1.807, 2.05) is 13.8 Å². The van der Waals surface area contributed by atoms with Crippen molar-refractivity contribution < 1.29 is 18.0 Å². The molecule has 1 N–H and O–H groups in total. The molecule has 1 aromatic rings. The van der Waals surface area contributed by atoms with Crippen molar-refractivity contribution in [2.75, 3.05) is 11.5 Å². The number of hydrogen-bond acceptors (Lipinski definition) is 2. The molecule has 0 aliphatic rings. The van der Waals surface area contributed by atoms with Gasteiger partial charge in [-0.15, -0.1) is 0 Å². The summed E-state index contributed by atoms with van der Waals surface area (Å²) in [4.78, 5) is 12.1. The first-order chi connectivity index (χ1) is 9.75. The van der Waals surface area contributed by atoms with E-state index < -0.39 is 17.6 Å². The van der Waals surface area contributed by atoms with Crippen molar-refractivity contribution in [2.45, 2.75) is 32.5 Å². The van der Waals surface area contributed by atoms with Gasteiger partial charge in [-0.3, -0.25) is 4.79 Å². The lowest BCUT2D eigenvalue weighted by molar-refractivity contribution is -0.137. The van der Waals surface area contributed by atoms with E-state index in [0.717, 1.165) is 30.1 Å². The van der Waals surface area contributed by atoms with Crippen LogP contribution < -0.4 is 5.32 Å². The number of carbonyl (C=O) groups is 1. The Kier molecular flexibility index (Phi) is 7.06. The van der Waals surface area contributed by atoms with E-state index in [2.05, 4.69) is 21.2 Å². The zero-order valence-corrected chi connectivity index (χ0v) is 14.2. The molecule has 2 nitrogen and oxygen atoms in total. The fraction of sp³-hybridized carbons (Fsp3) is 0.500. The lowest BCUT2D eigenvalue weighted by Crippen LogP contribution is -2.33. The lowest BCUT2D eigenvalue weighted by Gasteiger charge is -2.15. The van der Waals surface area contributed by atoms with Crippen molar-refractivity contribution in [2.24, 2.45) is 0 Å². The van der Waals surface area contributed by atoms with Gasteiger partial charge < -0.3 is 5.32 Å². The number of rotatable bonds is 6. The number of halogens is 4. The minimum atomic E-state index is -4.46. The second kappa shape index (κ2) is 8.08. The average molecular weight is 384 g/mol. The second-order valence-electron chi connectivity index (χ2n) is 4.55. The first-order valence-electron chi connectivity index (χ1n) is 6.51. The summed E-state index contributed by atoms with van der Waals surface area (Å²) in [6.07, 6.45) is -3.68. The minimum absolute atomic E-state index is 0.000167. The summed E-state index contributed by atoms with van der Waals surface area (Å²) in [6, 6.07) is 2.97. The van der Waals surface area contributed by atoms with Crippen LogP contribution >= 0.6 is 27.7 Å². The molecule has 21 heavy (non-hydrogen) atoms. The minimum Gasteiger partial charge on any atom is -0.350 e. The SMILES string of the molecule is CCSCCC(C)NC(=O)c1cc(C(F)(F)F)ccc1Br. The Morgan fingerprint density at radius 2 is 2.10 bits per heavy atom. The first kappa shape index (κ1) is 18.4. The van der Waals surface area contributed by atoms with Crippen LogP contribution in [-0.2, 0) is 6.18 Å². The number of alkyl halides is 3. The molecule has 0 aromatic heterocycles. The van der Waals surface area contributed by atoms with Gasteiger partial charge in [-0.25, -0.2) is 0 Å². The van der Waals surface area contributed by atoms with E-state index in [0.29, 0.717) is 4.47 Å². The standard InChI is InChI=1S/C14H17BrF3NOS/c1-3-21-7-6-9(2)19-13(20)11-8-10(14(16,17)18)4-5-12(11)15/h4-5,8-9H,3,6-7H2,1-2H3,(H,19,20). The molecule has 118 valence electrons. The number of amides is 1. The molecule has 0 aliphatic carbocycles. The summed E-state index contributed by atoms with van der Waals surface area (Å²) < 4.78 is 38.4. The maximum atomic E-state index is 12.7. The van der Waals surface area contributed by atoms with Gasteiger partial charge in [0.2, 0.25) is 0 Å². The molecule has 7 heteroatoms. The predicted molar refractivity (Wildman–Crippen MR) is 83.7 cm³/mol. The molecule has 0 saturated carbocycles. The molecule has 1 unspecified atom stereocenters. The summed E-state index contributed by atoms with van der Waals surface area (Å²) in [5.41, 5.74) is -0.829. The van der Waals surface area contributed by atoms with Gasteiger partial charge in [0, 0.05) is 10.5 Å². The summed E-state index contributed by atoms with van der Waals surface area (Å²) in [7, 11) is 0. The average Bonchev–Trinajstić information content (AvgIpc) is 2.37. The molecule has 0 saturated heterocycles. The van der Waals surface area contributed by atoms with Crippen LogP contribution in [0.4, 0.5) is 13.2 Å². The molecular formula is C14H17BrF3NOS. The van der Waals surface area contributed by atoms with E-state index in [-0.39, 0.29) is 11.6 Å². The summed E-state index contributed by atoms with van der Waals surface area (Å²) >= 11 is 4.88. The van der Waals surface area contributed by atoms with Crippen LogP contribution in [0.2, 0.25) is 0 Å². The molecule has 0 heterocycles. The van der Waals surface area contributed by atoms with Gasteiger partial charge in [-0.05, 0) is 59.0 Å². The van der Waals surface area contributed by atoms with Crippen molar-refractivity contribution in [3.8, 4) is 0 Å². The van der Waals surface area contributed by atoms with E-state index in [9.17, 15) is 18.0 Å². The van der Waals surface area contributed by atoms with Gasteiger partial charge in [0.15, 0.2) is 0 Å². The van der Waals surface area contributed by atoms with Crippen molar-refractivity contribution in [3.63, 3.8) is 0 Å². The van der Waals surface area contributed by atoms with Gasteiger partial charge in [0.05, 0.1) is 11.1 Å². The van der Waals surface area contributed by atoms with Crippen LogP contribution in [0.1, 0.15) is 36.2 Å². The third-order valence-corrected chi connectivity index (χ3v) is 4.44. The summed E-state index contributed by atoms with van der Waals surface area (Å²) in [5.74, 6) is 1.41. The highest BCUT2D eigenvalue weighted by atomic mass is 79.9. The smallest absolute Gasteiger partial charge is 0.350 e. The summed E-state index contributed by atoms with van der Waals surface area (Å²) in [6.45, 7) is 3.89. The molecule has 0 radical (unpaired) electrons. The van der Waals surface area contributed by atoms with Crippen molar-refractivity contribution in [1.29, 1.82) is 0 Å². The predicted octanol–water partition coefficient (Wildman–Crippen LogP) is 4.73. The number of benzene rings is 1. The number of nitrogens with one attached hydrogen (secondary N) is 1. The number of hydrogen-bond donors (Lipinski definition) is 1. The number of carbonyl (C=O) groups excluding carboxylic acids is 1. The Bertz CT molecular complexity index is 494. The third-order valence-electron chi connectivity index (χ3n) is 2.82. The summed E-state index contributed by atoms with van der Waals surface area (Å²) in [5, 5.41) is 2.72. The molecule has 1 rings (SSSR count). The largest absolute Gasteiger partial charge is 0.416 e. The zero-order valence-electron chi connectivity index (χ0n) is 11.8. The highest BCUT2D eigenvalue weighted by Gasteiger charge is 2.31. The van der Waals surface area contributed by atoms with Crippen molar-refractivity contribution >= 4 is 33.6 Å². The van der Waals surface area contributed by atoms with Crippen molar-refractivity contribution in [1.82, 2.24) is 5.32 Å². The molecular weight excluding hydrogens is 367 g/mol. The van der Waals surface area contributed by atoms with E-state index in [1.165, 1.54) is 6.07 Å². The van der Waals surface area contributed by atoms with E-state index in [4.69, 9.17) is 0 Å². The number of thioether (sulfide) groups is 1. The molecule has 1 aromatic carbocycles. The highest BCUT2D eigenvalue weighted by molar-refractivity contribution is 9.10. The van der Waals surface area contributed by atoms with Crippen LogP contribution in [0.25, 0.3) is 0 Å². The normalized spacial score (nSPS) is 13.0. The maximum Gasteiger partial charge on any atom is 0.416 e. The van der Waals surface area contributed by atoms with Gasteiger partial charge in [0.25, 0.3) is 5.91 Å². The molecule has 0 aliphatic heterocycles. The molecule has 1 amide bonds. The van der Waals surface area contributed by atoms with Gasteiger partial charge in [-0.1, -0.05) is 6.92 Å². The van der Waals surface area contributed by atoms with Crippen LogP contribution in [0.15, 0.2) is 22.7 Å².